The van der Waals surface area contributed by atoms with Crippen molar-refractivity contribution in [3.8, 4) is 0 Å². The van der Waals surface area contributed by atoms with Crippen LogP contribution in [0.25, 0.3) is 0 Å². The summed E-state index contributed by atoms with van der Waals surface area (Å²) in [6.07, 6.45) is 59.6. The normalized spacial score (nSPS) is 14.1. The van der Waals surface area contributed by atoms with Gasteiger partial charge >= 0.3 is 5.97 Å². The molecule has 0 bridgehead atoms. The predicted molar refractivity (Wildman–Crippen MR) is 254 cm³/mol. The number of aliphatic hydroxyl groups is 2. The van der Waals surface area contributed by atoms with Crippen LogP contribution in [-0.4, -0.2) is 46.9 Å². The van der Waals surface area contributed by atoms with Crippen LogP contribution in [0.3, 0.4) is 0 Å². The zero-order valence-corrected chi connectivity index (χ0v) is 38.4. The first kappa shape index (κ1) is 56.0. The van der Waals surface area contributed by atoms with E-state index in [1.54, 1.807) is 0 Å². The fourth-order valence-electron chi connectivity index (χ4n) is 6.89. The zero-order valence-electron chi connectivity index (χ0n) is 38.4. The molecule has 0 aliphatic rings. The molecule has 6 nitrogen and oxygen atoms in total. The lowest BCUT2D eigenvalue weighted by molar-refractivity contribution is -0.150. The highest BCUT2D eigenvalue weighted by Crippen LogP contribution is 2.16. The monoisotopic (exact) mass is 822 g/mol. The molecule has 0 saturated heterocycles. The lowest BCUT2D eigenvalue weighted by atomic mass is 10.0. The van der Waals surface area contributed by atoms with Gasteiger partial charge in [0.15, 0.2) is 0 Å². The Balaban J connectivity index is 4.63. The molecule has 0 aliphatic carbocycles. The molecule has 0 aliphatic heterocycles. The van der Waals surface area contributed by atoms with E-state index in [0.29, 0.717) is 19.3 Å². The molecule has 0 aromatic rings. The maximum absolute atomic E-state index is 13.1. The maximum Gasteiger partial charge on any atom is 0.306 e. The number of unbranched alkanes of at least 4 members (excludes halogenated alkanes) is 21. The van der Waals surface area contributed by atoms with Crippen molar-refractivity contribution in [2.45, 2.75) is 232 Å². The molecule has 3 atom stereocenters. The number of hydrogen-bond donors (Lipinski definition) is 3. The van der Waals surface area contributed by atoms with Crippen LogP contribution in [0.2, 0.25) is 0 Å². The third-order valence-electron chi connectivity index (χ3n) is 10.6. The van der Waals surface area contributed by atoms with Gasteiger partial charge < -0.3 is 20.3 Å². The van der Waals surface area contributed by atoms with Crippen LogP contribution in [-0.2, 0) is 14.3 Å². The zero-order chi connectivity index (χ0) is 43.1. The SMILES string of the molecule is CC/C=C/C=C/C=C\C=C/C=C/CC(CC(=O)NC(CO)C(O)CCCCCCCCCCCC)OC(=O)CCCCCCCCCCC/C=C\C/C=C\CCCCC. The van der Waals surface area contributed by atoms with Crippen LogP contribution >= 0.6 is 0 Å². The molecule has 0 aromatic heterocycles. The van der Waals surface area contributed by atoms with E-state index in [1.165, 1.54) is 116 Å². The summed E-state index contributed by atoms with van der Waals surface area (Å²) in [7, 11) is 0. The third kappa shape index (κ3) is 41.6. The van der Waals surface area contributed by atoms with Gasteiger partial charge in [-0.15, -0.1) is 0 Å². The van der Waals surface area contributed by atoms with Gasteiger partial charge in [0.25, 0.3) is 0 Å². The van der Waals surface area contributed by atoms with Crippen LogP contribution in [0.4, 0.5) is 0 Å². The van der Waals surface area contributed by atoms with Crippen molar-refractivity contribution < 1.29 is 24.5 Å². The van der Waals surface area contributed by atoms with Crippen molar-refractivity contribution in [3.05, 3.63) is 85.1 Å². The van der Waals surface area contributed by atoms with Crippen LogP contribution in [0.15, 0.2) is 85.1 Å². The minimum atomic E-state index is -0.820. The Morgan fingerprint density at radius 2 is 1.00 bits per heavy atom. The van der Waals surface area contributed by atoms with E-state index in [9.17, 15) is 19.8 Å². The number of aliphatic hydroxyl groups excluding tert-OH is 2. The van der Waals surface area contributed by atoms with Crippen LogP contribution < -0.4 is 5.32 Å². The summed E-state index contributed by atoms with van der Waals surface area (Å²) in [4.78, 5) is 26.0. The van der Waals surface area contributed by atoms with Crippen molar-refractivity contribution in [2.75, 3.05) is 6.61 Å². The van der Waals surface area contributed by atoms with E-state index in [0.717, 1.165) is 51.4 Å². The predicted octanol–water partition coefficient (Wildman–Crippen LogP) is 14.4. The first-order chi connectivity index (χ1) is 29.0. The molecule has 0 fully saturated rings. The Labute approximate surface area is 363 Å². The Hall–Kier alpha value is -2.96. The van der Waals surface area contributed by atoms with E-state index in [2.05, 4.69) is 56.5 Å². The van der Waals surface area contributed by atoms with E-state index in [-0.39, 0.29) is 24.9 Å². The van der Waals surface area contributed by atoms with E-state index in [1.807, 2.05) is 54.7 Å². The highest BCUT2D eigenvalue weighted by molar-refractivity contribution is 5.77. The van der Waals surface area contributed by atoms with Crippen molar-refractivity contribution in [2.24, 2.45) is 0 Å². The molecule has 3 unspecified atom stereocenters. The Morgan fingerprint density at radius 3 is 1.54 bits per heavy atom. The average molecular weight is 822 g/mol. The molecular formula is C53H91NO5. The molecule has 6 heteroatoms. The number of nitrogens with one attached hydrogen (secondary N) is 1. The van der Waals surface area contributed by atoms with Crippen LogP contribution in [0, 0.1) is 0 Å². The quantitative estimate of drug-likeness (QED) is 0.0247. The van der Waals surface area contributed by atoms with Gasteiger partial charge in [-0.3, -0.25) is 9.59 Å². The van der Waals surface area contributed by atoms with Gasteiger partial charge in [0, 0.05) is 12.8 Å². The molecule has 0 heterocycles. The minimum Gasteiger partial charge on any atom is -0.461 e. The largest absolute Gasteiger partial charge is 0.461 e. The summed E-state index contributed by atoms with van der Waals surface area (Å²) < 4.78 is 5.83. The van der Waals surface area contributed by atoms with Gasteiger partial charge in [-0.2, -0.15) is 0 Å². The van der Waals surface area contributed by atoms with E-state index < -0.39 is 18.2 Å². The summed E-state index contributed by atoms with van der Waals surface area (Å²) in [5.41, 5.74) is 0. The molecule has 3 N–H and O–H groups in total. The molecular weight excluding hydrogens is 731 g/mol. The van der Waals surface area contributed by atoms with Crippen molar-refractivity contribution in [1.29, 1.82) is 0 Å². The lowest BCUT2D eigenvalue weighted by Crippen LogP contribution is -2.46. The summed E-state index contributed by atoms with van der Waals surface area (Å²) in [5.74, 6) is -0.618. The number of carbonyl (C=O) groups excluding carboxylic acids is 2. The van der Waals surface area contributed by atoms with Gasteiger partial charge in [0.2, 0.25) is 5.91 Å². The van der Waals surface area contributed by atoms with Gasteiger partial charge in [0.1, 0.15) is 6.10 Å². The molecule has 0 saturated carbocycles. The molecule has 59 heavy (non-hydrogen) atoms. The third-order valence-corrected chi connectivity index (χ3v) is 10.6. The Morgan fingerprint density at radius 1 is 0.542 bits per heavy atom. The maximum atomic E-state index is 13.1. The Bertz CT molecular complexity index is 1150. The van der Waals surface area contributed by atoms with E-state index >= 15 is 0 Å². The van der Waals surface area contributed by atoms with Gasteiger partial charge in [0.05, 0.1) is 25.2 Å². The highest BCUT2D eigenvalue weighted by atomic mass is 16.5. The smallest absolute Gasteiger partial charge is 0.306 e. The molecule has 0 rings (SSSR count). The number of ether oxygens (including phenoxy) is 1. The van der Waals surface area contributed by atoms with Gasteiger partial charge in [-0.25, -0.2) is 0 Å². The number of esters is 1. The molecule has 0 radical (unpaired) electrons. The fourth-order valence-corrected chi connectivity index (χ4v) is 6.89. The van der Waals surface area contributed by atoms with Crippen LogP contribution in [0.5, 0.6) is 0 Å². The molecule has 0 spiro atoms. The first-order valence-corrected chi connectivity index (χ1v) is 24.4. The number of allylic oxidation sites excluding steroid dienone is 13. The summed E-state index contributed by atoms with van der Waals surface area (Å²) in [5, 5.41) is 23.6. The number of hydrogen-bond acceptors (Lipinski definition) is 5. The number of carbonyl (C=O) groups is 2. The van der Waals surface area contributed by atoms with Gasteiger partial charge in [-0.1, -0.05) is 228 Å². The van der Waals surface area contributed by atoms with Crippen LogP contribution in [0.1, 0.15) is 213 Å². The molecule has 0 aromatic carbocycles. The lowest BCUT2D eigenvalue weighted by Gasteiger charge is -2.24. The van der Waals surface area contributed by atoms with Crippen molar-refractivity contribution in [1.82, 2.24) is 5.32 Å². The molecule has 338 valence electrons. The van der Waals surface area contributed by atoms with Crippen molar-refractivity contribution in [3.63, 3.8) is 0 Å². The van der Waals surface area contributed by atoms with E-state index in [4.69, 9.17) is 4.74 Å². The summed E-state index contributed by atoms with van der Waals surface area (Å²) >= 11 is 0. The summed E-state index contributed by atoms with van der Waals surface area (Å²) in [6.45, 7) is 6.25. The topological polar surface area (TPSA) is 95.9 Å². The summed E-state index contributed by atoms with van der Waals surface area (Å²) in [6, 6.07) is -0.742. The number of rotatable bonds is 42. The molecule has 1 amide bonds. The number of amides is 1. The van der Waals surface area contributed by atoms with Crippen molar-refractivity contribution >= 4 is 11.9 Å². The minimum absolute atomic E-state index is 0.0237. The van der Waals surface area contributed by atoms with Gasteiger partial charge in [-0.05, 0) is 51.4 Å². The second-order valence-electron chi connectivity index (χ2n) is 16.3. The standard InChI is InChI=1S/C53H91NO5/c1-4-7-10-13-16-19-22-23-24-25-26-27-28-29-31-34-37-40-43-46-53(58)59-49(44-41-38-35-32-30-20-17-14-11-8-5-2)47-52(57)54-50(48-55)51(56)45-42-39-36-33-21-18-15-12-9-6-3/h8,11,14,16-17,19-20,23-24,30,32,35,38,41,49-51,55-56H,4-7,9-10,12-13,15,18,21-22,25-29,31,33-34,36-37,39-40,42-48H2,1-3H3,(H,54,57)/b11-8+,17-14+,19-16-,24-23-,30-20-,35-32-,41-38+. The second kappa shape index (κ2) is 46.1. The Kier molecular flexibility index (Phi) is 43.8. The fraction of sp³-hybridized carbons (Fsp3) is 0.698. The highest BCUT2D eigenvalue weighted by Gasteiger charge is 2.23. The second-order valence-corrected chi connectivity index (χ2v) is 16.3. The average Bonchev–Trinajstić information content (AvgIpc) is 3.23. The first-order valence-electron chi connectivity index (χ1n) is 24.4.